The van der Waals surface area contributed by atoms with Crippen LogP contribution in [0.2, 0.25) is 0 Å². The lowest BCUT2D eigenvalue weighted by Gasteiger charge is -2.11. The lowest BCUT2D eigenvalue weighted by atomic mass is 9.94. The first kappa shape index (κ1) is 11.8. The molecular formula is C17H12F2. The fourth-order valence-electron chi connectivity index (χ4n) is 2.46. The quantitative estimate of drug-likeness (QED) is 0.567. The van der Waals surface area contributed by atoms with Gasteiger partial charge in [-0.2, -0.15) is 0 Å². The third kappa shape index (κ3) is 2.10. The number of aryl methyl sites for hydroxylation is 1. The van der Waals surface area contributed by atoms with Gasteiger partial charge in [0.15, 0.2) is 0 Å². The van der Waals surface area contributed by atoms with Gasteiger partial charge in [0.25, 0.3) is 0 Å². The SMILES string of the molecule is Cc1ccc2ccccc2c1-c1cc(F)cc(F)c1. The summed E-state index contributed by atoms with van der Waals surface area (Å²) >= 11 is 0. The fraction of sp³-hybridized carbons (Fsp3) is 0.0588. The van der Waals surface area contributed by atoms with Gasteiger partial charge in [0.05, 0.1) is 0 Å². The predicted molar refractivity (Wildman–Crippen MR) is 74.0 cm³/mol. The molecule has 94 valence electrons. The average molecular weight is 254 g/mol. The van der Waals surface area contributed by atoms with Gasteiger partial charge in [-0.1, -0.05) is 36.4 Å². The first-order valence-corrected chi connectivity index (χ1v) is 6.10. The van der Waals surface area contributed by atoms with Crippen LogP contribution >= 0.6 is 0 Å². The second-order valence-corrected chi connectivity index (χ2v) is 4.64. The van der Waals surface area contributed by atoms with Crippen molar-refractivity contribution in [1.82, 2.24) is 0 Å². The summed E-state index contributed by atoms with van der Waals surface area (Å²) in [6.07, 6.45) is 0. The van der Waals surface area contributed by atoms with Crippen molar-refractivity contribution in [1.29, 1.82) is 0 Å². The molecule has 0 unspecified atom stereocenters. The molecule has 19 heavy (non-hydrogen) atoms. The van der Waals surface area contributed by atoms with Crippen LogP contribution in [0.5, 0.6) is 0 Å². The van der Waals surface area contributed by atoms with Crippen LogP contribution in [-0.4, -0.2) is 0 Å². The lowest BCUT2D eigenvalue weighted by Crippen LogP contribution is -1.89. The number of rotatable bonds is 1. The van der Waals surface area contributed by atoms with E-state index in [0.717, 1.165) is 28.0 Å². The van der Waals surface area contributed by atoms with Crippen LogP contribution < -0.4 is 0 Å². The maximum Gasteiger partial charge on any atom is 0.126 e. The lowest BCUT2D eigenvalue weighted by molar-refractivity contribution is 0.584. The Balaban J connectivity index is 2.38. The van der Waals surface area contributed by atoms with E-state index in [0.29, 0.717) is 5.56 Å². The monoisotopic (exact) mass is 254 g/mol. The van der Waals surface area contributed by atoms with Crippen molar-refractivity contribution in [3.63, 3.8) is 0 Å². The molecular weight excluding hydrogens is 242 g/mol. The number of halogens is 2. The molecule has 0 aliphatic carbocycles. The summed E-state index contributed by atoms with van der Waals surface area (Å²) in [5.41, 5.74) is 2.46. The maximum absolute atomic E-state index is 13.4. The van der Waals surface area contributed by atoms with Crippen LogP contribution in [0.1, 0.15) is 5.56 Å². The minimum absolute atomic E-state index is 0.553. The Bertz CT molecular complexity index is 740. The zero-order valence-corrected chi connectivity index (χ0v) is 10.5. The predicted octanol–water partition coefficient (Wildman–Crippen LogP) is 5.09. The summed E-state index contributed by atoms with van der Waals surface area (Å²) in [5, 5.41) is 2.07. The normalized spacial score (nSPS) is 10.9. The van der Waals surface area contributed by atoms with E-state index >= 15 is 0 Å². The van der Waals surface area contributed by atoms with Crippen molar-refractivity contribution in [2.24, 2.45) is 0 Å². The third-order valence-electron chi connectivity index (χ3n) is 3.29. The minimum Gasteiger partial charge on any atom is -0.207 e. The molecule has 0 radical (unpaired) electrons. The Labute approximate surface area is 110 Å². The van der Waals surface area contributed by atoms with Crippen LogP contribution in [0.15, 0.2) is 54.6 Å². The van der Waals surface area contributed by atoms with E-state index in [4.69, 9.17) is 0 Å². The molecule has 0 aliphatic rings. The van der Waals surface area contributed by atoms with Gasteiger partial charge < -0.3 is 0 Å². The molecule has 0 N–H and O–H groups in total. The summed E-state index contributed by atoms with van der Waals surface area (Å²) in [6, 6.07) is 15.5. The van der Waals surface area contributed by atoms with Crippen molar-refractivity contribution in [2.75, 3.05) is 0 Å². The molecule has 0 aliphatic heterocycles. The van der Waals surface area contributed by atoms with Crippen molar-refractivity contribution in [3.05, 3.63) is 71.8 Å². The summed E-state index contributed by atoms with van der Waals surface area (Å²) < 4.78 is 26.8. The van der Waals surface area contributed by atoms with Crippen LogP contribution in [0.3, 0.4) is 0 Å². The van der Waals surface area contributed by atoms with E-state index in [1.807, 2.05) is 43.3 Å². The number of benzene rings is 3. The Morgan fingerprint density at radius 1 is 0.789 bits per heavy atom. The van der Waals surface area contributed by atoms with Gasteiger partial charge in [-0.25, -0.2) is 8.78 Å². The molecule has 0 fully saturated rings. The first-order valence-electron chi connectivity index (χ1n) is 6.10. The smallest absolute Gasteiger partial charge is 0.126 e. The molecule has 0 atom stereocenters. The van der Waals surface area contributed by atoms with Crippen molar-refractivity contribution in [3.8, 4) is 11.1 Å². The number of hydrogen-bond donors (Lipinski definition) is 0. The van der Waals surface area contributed by atoms with Crippen molar-refractivity contribution >= 4 is 10.8 Å². The van der Waals surface area contributed by atoms with E-state index in [-0.39, 0.29) is 0 Å². The highest BCUT2D eigenvalue weighted by Crippen LogP contribution is 2.32. The van der Waals surface area contributed by atoms with E-state index in [9.17, 15) is 8.78 Å². The van der Waals surface area contributed by atoms with Crippen molar-refractivity contribution < 1.29 is 8.78 Å². The molecule has 0 nitrogen and oxygen atoms in total. The molecule has 0 saturated carbocycles. The second kappa shape index (κ2) is 4.47. The van der Waals surface area contributed by atoms with Crippen LogP contribution in [0.25, 0.3) is 21.9 Å². The minimum atomic E-state index is -0.553. The molecule has 3 rings (SSSR count). The standard InChI is InChI=1S/C17H12F2/c1-11-6-7-12-4-2-3-5-16(12)17(11)13-8-14(18)10-15(19)9-13/h2-10H,1H3. The van der Waals surface area contributed by atoms with Gasteiger partial charge in [0.1, 0.15) is 11.6 Å². The van der Waals surface area contributed by atoms with Gasteiger partial charge in [-0.15, -0.1) is 0 Å². The Morgan fingerprint density at radius 2 is 1.47 bits per heavy atom. The second-order valence-electron chi connectivity index (χ2n) is 4.64. The zero-order chi connectivity index (χ0) is 13.4. The number of hydrogen-bond acceptors (Lipinski definition) is 0. The molecule has 0 aromatic heterocycles. The van der Waals surface area contributed by atoms with Gasteiger partial charge in [-0.3, -0.25) is 0 Å². The molecule has 0 amide bonds. The Morgan fingerprint density at radius 3 is 2.21 bits per heavy atom. The highest BCUT2D eigenvalue weighted by Gasteiger charge is 2.09. The van der Waals surface area contributed by atoms with Gasteiger partial charge in [-0.05, 0) is 46.5 Å². The van der Waals surface area contributed by atoms with Crippen LogP contribution in [0.4, 0.5) is 8.78 Å². The molecule has 3 aromatic rings. The highest BCUT2D eigenvalue weighted by molar-refractivity contribution is 5.98. The molecule has 0 heterocycles. The Kier molecular flexibility index (Phi) is 2.79. The fourth-order valence-corrected chi connectivity index (χ4v) is 2.46. The van der Waals surface area contributed by atoms with Gasteiger partial charge in [0, 0.05) is 6.07 Å². The Hall–Kier alpha value is -2.22. The summed E-state index contributed by atoms with van der Waals surface area (Å²) in [6.45, 7) is 1.95. The van der Waals surface area contributed by atoms with E-state index in [2.05, 4.69) is 0 Å². The van der Waals surface area contributed by atoms with E-state index in [1.165, 1.54) is 12.1 Å². The topological polar surface area (TPSA) is 0 Å². The average Bonchev–Trinajstić information content (AvgIpc) is 2.37. The molecule has 2 heteroatoms. The maximum atomic E-state index is 13.4. The summed E-state index contributed by atoms with van der Waals surface area (Å²) in [7, 11) is 0. The van der Waals surface area contributed by atoms with Crippen molar-refractivity contribution in [2.45, 2.75) is 6.92 Å². The zero-order valence-electron chi connectivity index (χ0n) is 10.5. The molecule has 3 aromatic carbocycles. The summed E-state index contributed by atoms with van der Waals surface area (Å²) in [5.74, 6) is -1.11. The summed E-state index contributed by atoms with van der Waals surface area (Å²) in [4.78, 5) is 0. The van der Waals surface area contributed by atoms with Crippen LogP contribution in [-0.2, 0) is 0 Å². The molecule has 0 bridgehead atoms. The third-order valence-corrected chi connectivity index (χ3v) is 3.29. The molecule has 0 spiro atoms. The number of fused-ring (bicyclic) bond motifs is 1. The van der Waals surface area contributed by atoms with E-state index in [1.54, 1.807) is 0 Å². The van der Waals surface area contributed by atoms with Crippen LogP contribution in [0, 0.1) is 18.6 Å². The highest BCUT2D eigenvalue weighted by atomic mass is 19.1. The molecule has 0 saturated heterocycles. The largest absolute Gasteiger partial charge is 0.207 e. The van der Waals surface area contributed by atoms with Gasteiger partial charge >= 0.3 is 0 Å². The van der Waals surface area contributed by atoms with Gasteiger partial charge in [0.2, 0.25) is 0 Å². The first-order chi connectivity index (χ1) is 9.15. The van der Waals surface area contributed by atoms with E-state index < -0.39 is 11.6 Å².